The smallest absolute Gasteiger partial charge is 0.173 e. The number of rotatable bonds is 8. The van der Waals surface area contributed by atoms with E-state index in [2.05, 4.69) is 37.5 Å². The Balaban J connectivity index is 1.57. The van der Waals surface area contributed by atoms with Crippen LogP contribution in [-0.4, -0.2) is 72.1 Å². The number of anilines is 1. The molecule has 1 aliphatic rings. The number of piperazine rings is 1. The fourth-order valence-electron chi connectivity index (χ4n) is 3.97. The molecule has 1 aromatic heterocycles. The standard InChI is InChI=1S/C22H27FN6O2/c1-30-16-15-29-22(24-25-26-29)21(19-5-3-4-6-20(19)23)28-13-11-27(12-14-28)17-7-9-18(31-2)10-8-17/h3-10,21H,11-16H2,1-2H3/t21-/m1/s1. The molecule has 0 radical (unpaired) electrons. The van der Waals surface area contributed by atoms with Crippen LogP contribution in [0.2, 0.25) is 0 Å². The SMILES string of the molecule is COCCn1nnnc1[C@@H](c1ccccc1F)N1CCN(c2ccc(OC)cc2)CC1. The van der Waals surface area contributed by atoms with Crippen molar-refractivity contribution in [1.29, 1.82) is 0 Å². The van der Waals surface area contributed by atoms with Gasteiger partial charge < -0.3 is 14.4 Å². The molecule has 1 saturated heterocycles. The number of benzene rings is 2. The normalized spacial score (nSPS) is 15.8. The summed E-state index contributed by atoms with van der Waals surface area (Å²) in [7, 11) is 3.30. The van der Waals surface area contributed by atoms with Gasteiger partial charge in [-0.05, 0) is 40.8 Å². The number of tetrazole rings is 1. The summed E-state index contributed by atoms with van der Waals surface area (Å²) < 4.78 is 27.0. The van der Waals surface area contributed by atoms with Crippen LogP contribution in [0.5, 0.6) is 5.75 Å². The molecule has 0 amide bonds. The van der Waals surface area contributed by atoms with E-state index in [4.69, 9.17) is 9.47 Å². The van der Waals surface area contributed by atoms with Crippen LogP contribution >= 0.6 is 0 Å². The summed E-state index contributed by atoms with van der Waals surface area (Å²) in [5, 5.41) is 12.2. The Hall–Kier alpha value is -3.04. The van der Waals surface area contributed by atoms with E-state index in [0.717, 1.165) is 37.6 Å². The Morgan fingerprint density at radius 3 is 2.42 bits per heavy atom. The highest BCUT2D eigenvalue weighted by Gasteiger charge is 2.32. The van der Waals surface area contributed by atoms with Crippen LogP contribution in [0.1, 0.15) is 17.4 Å². The predicted octanol–water partition coefficient (Wildman–Crippen LogP) is 2.38. The minimum Gasteiger partial charge on any atom is -0.497 e. The summed E-state index contributed by atoms with van der Waals surface area (Å²) in [6, 6.07) is 14.5. The van der Waals surface area contributed by atoms with Gasteiger partial charge in [0.05, 0.1) is 20.3 Å². The van der Waals surface area contributed by atoms with Gasteiger partial charge in [-0.15, -0.1) is 5.10 Å². The zero-order chi connectivity index (χ0) is 21.6. The topological polar surface area (TPSA) is 68.5 Å². The van der Waals surface area contributed by atoms with Gasteiger partial charge in [0, 0.05) is 44.5 Å². The van der Waals surface area contributed by atoms with Gasteiger partial charge in [0.15, 0.2) is 5.82 Å². The number of hydrogen-bond donors (Lipinski definition) is 0. The largest absolute Gasteiger partial charge is 0.497 e. The second kappa shape index (κ2) is 9.84. The molecule has 8 nitrogen and oxygen atoms in total. The lowest BCUT2D eigenvalue weighted by atomic mass is 10.0. The third-order valence-corrected chi connectivity index (χ3v) is 5.63. The fourth-order valence-corrected chi connectivity index (χ4v) is 3.97. The van der Waals surface area contributed by atoms with Crippen molar-refractivity contribution in [3.8, 4) is 5.75 Å². The highest BCUT2D eigenvalue weighted by molar-refractivity contribution is 5.49. The number of halogens is 1. The minimum absolute atomic E-state index is 0.258. The molecular weight excluding hydrogens is 399 g/mol. The summed E-state index contributed by atoms with van der Waals surface area (Å²) in [6.45, 7) is 4.13. The monoisotopic (exact) mass is 426 g/mol. The summed E-state index contributed by atoms with van der Waals surface area (Å²) in [6.07, 6.45) is 0. The Bertz CT molecular complexity index is 972. The van der Waals surface area contributed by atoms with Gasteiger partial charge in [-0.1, -0.05) is 18.2 Å². The Kier molecular flexibility index (Phi) is 6.73. The third kappa shape index (κ3) is 4.67. The van der Waals surface area contributed by atoms with Crippen molar-refractivity contribution in [2.75, 3.05) is 51.9 Å². The van der Waals surface area contributed by atoms with Gasteiger partial charge in [0.25, 0.3) is 0 Å². The molecule has 1 aliphatic heterocycles. The Morgan fingerprint density at radius 1 is 1.00 bits per heavy atom. The molecule has 164 valence electrons. The van der Waals surface area contributed by atoms with E-state index in [1.807, 2.05) is 24.3 Å². The average molecular weight is 426 g/mol. The molecular formula is C22H27FN6O2. The second-order valence-electron chi connectivity index (χ2n) is 7.40. The molecule has 0 spiro atoms. The van der Waals surface area contributed by atoms with Gasteiger partial charge in [0.2, 0.25) is 0 Å². The van der Waals surface area contributed by atoms with Gasteiger partial charge in [-0.25, -0.2) is 9.07 Å². The molecule has 2 aromatic carbocycles. The van der Waals surface area contributed by atoms with Crippen LogP contribution in [0.3, 0.4) is 0 Å². The highest BCUT2D eigenvalue weighted by atomic mass is 19.1. The van der Waals surface area contributed by atoms with E-state index >= 15 is 0 Å². The lowest BCUT2D eigenvalue weighted by Crippen LogP contribution is -2.48. The molecule has 2 heterocycles. The Labute approximate surface area is 181 Å². The van der Waals surface area contributed by atoms with Crippen molar-refractivity contribution in [3.63, 3.8) is 0 Å². The van der Waals surface area contributed by atoms with E-state index in [-0.39, 0.29) is 11.9 Å². The molecule has 0 saturated carbocycles. The molecule has 31 heavy (non-hydrogen) atoms. The van der Waals surface area contributed by atoms with E-state index < -0.39 is 0 Å². The molecule has 0 unspecified atom stereocenters. The van der Waals surface area contributed by atoms with Crippen molar-refractivity contribution < 1.29 is 13.9 Å². The van der Waals surface area contributed by atoms with Crippen LogP contribution in [0.4, 0.5) is 10.1 Å². The van der Waals surface area contributed by atoms with Crippen LogP contribution in [0, 0.1) is 5.82 Å². The van der Waals surface area contributed by atoms with Crippen molar-refractivity contribution in [3.05, 3.63) is 65.7 Å². The van der Waals surface area contributed by atoms with Crippen molar-refractivity contribution >= 4 is 5.69 Å². The third-order valence-electron chi connectivity index (χ3n) is 5.63. The number of ether oxygens (including phenoxy) is 2. The Morgan fingerprint density at radius 2 is 1.74 bits per heavy atom. The first kappa shape index (κ1) is 21.2. The van der Waals surface area contributed by atoms with E-state index in [1.54, 1.807) is 25.0 Å². The van der Waals surface area contributed by atoms with Crippen LogP contribution in [-0.2, 0) is 11.3 Å². The number of methoxy groups -OCH3 is 2. The first-order valence-electron chi connectivity index (χ1n) is 10.3. The number of nitrogens with zero attached hydrogens (tertiary/aromatic N) is 6. The van der Waals surface area contributed by atoms with E-state index in [0.29, 0.717) is 24.5 Å². The number of aromatic nitrogens is 4. The molecule has 4 rings (SSSR count). The van der Waals surface area contributed by atoms with E-state index in [1.165, 1.54) is 6.07 Å². The van der Waals surface area contributed by atoms with Gasteiger partial charge in [-0.3, -0.25) is 4.90 Å². The molecule has 1 fully saturated rings. The maximum Gasteiger partial charge on any atom is 0.173 e. The fraction of sp³-hybridized carbons (Fsp3) is 0.409. The quantitative estimate of drug-likeness (QED) is 0.548. The molecule has 3 aromatic rings. The van der Waals surface area contributed by atoms with Crippen LogP contribution < -0.4 is 9.64 Å². The van der Waals surface area contributed by atoms with Gasteiger partial charge in [0.1, 0.15) is 17.6 Å². The van der Waals surface area contributed by atoms with Crippen molar-refractivity contribution in [2.24, 2.45) is 0 Å². The lowest BCUT2D eigenvalue weighted by Gasteiger charge is -2.40. The summed E-state index contributed by atoms with van der Waals surface area (Å²) in [4.78, 5) is 4.57. The van der Waals surface area contributed by atoms with Crippen LogP contribution in [0.15, 0.2) is 48.5 Å². The van der Waals surface area contributed by atoms with Gasteiger partial charge >= 0.3 is 0 Å². The molecule has 1 atom stereocenters. The summed E-state index contributed by atoms with van der Waals surface area (Å²) in [5.74, 6) is 1.20. The predicted molar refractivity (Wildman–Crippen MR) is 115 cm³/mol. The average Bonchev–Trinajstić information content (AvgIpc) is 3.28. The lowest BCUT2D eigenvalue weighted by molar-refractivity contribution is 0.171. The first-order chi connectivity index (χ1) is 15.2. The van der Waals surface area contributed by atoms with Crippen LogP contribution in [0.25, 0.3) is 0 Å². The maximum absolute atomic E-state index is 14.8. The first-order valence-corrected chi connectivity index (χ1v) is 10.3. The molecule has 0 N–H and O–H groups in total. The molecule has 0 aliphatic carbocycles. The van der Waals surface area contributed by atoms with E-state index in [9.17, 15) is 4.39 Å². The maximum atomic E-state index is 14.8. The second-order valence-corrected chi connectivity index (χ2v) is 7.40. The minimum atomic E-state index is -0.369. The zero-order valence-electron chi connectivity index (χ0n) is 17.8. The molecule has 0 bridgehead atoms. The van der Waals surface area contributed by atoms with Crippen molar-refractivity contribution in [1.82, 2.24) is 25.1 Å². The number of hydrogen-bond acceptors (Lipinski definition) is 7. The zero-order valence-corrected chi connectivity index (χ0v) is 17.8. The highest BCUT2D eigenvalue weighted by Crippen LogP contribution is 2.31. The molecule has 9 heteroatoms. The summed E-state index contributed by atoms with van der Waals surface area (Å²) in [5.41, 5.74) is 1.72. The van der Waals surface area contributed by atoms with Gasteiger partial charge in [-0.2, -0.15) is 0 Å². The summed E-state index contributed by atoms with van der Waals surface area (Å²) >= 11 is 0. The van der Waals surface area contributed by atoms with Crippen molar-refractivity contribution in [2.45, 2.75) is 12.6 Å².